The Morgan fingerprint density at radius 2 is 1.81 bits per heavy atom. The first-order valence-electron chi connectivity index (χ1n) is 10.7. The summed E-state index contributed by atoms with van der Waals surface area (Å²) < 4.78 is 38.9. The van der Waals surface area contributed by atoms with E-state index in [-0.39, 0.29) is 28.3 Å². The van der Waals surface area contributed by atoms with Crippen molar-refractivity contribution in [2.45, 2.75) is 43.5 Å². The third kappa shape index (κ3) is 4.57. The molecule has 2 N–H and O–H groups in total. The average Bonchev–Trinajstić information content (AvgIpc) is 3.20. The topological polar surface area (TPSA) is 111 Å². The maximum atomic E-state index is 12.9. The molecule has 170 valence electrons. The number of carbonyl (C=O) groups is 2. The van der Waals surface area contributed by atoms with Gasteiger partial charge < -0.3 is 14.8 Å². The van der Waals surface area contributed by atoms with Crippen LogP contribution in [0.5, 0.6) is 5.75 Å². The molecule has 1 aliphatic carbocycles. The van der Waals surface area contributed by atoms with Gasteiger partial charge in [0.1, 0.15) is 5.75 Å². The van der Waals surface area contributed by atoms with Crippen molar-refractivity contribution >= 4 is 27.6 Å². The molecule has 9 heteroatoms. The van der Waals surface area contributed by atoms with Crippen LogP contribution < -0.4 is 14.8 Å². The van der Waals surface area contributed by atoms with Gasteiger partial charge in [0.05, 0.1) is 35.4 Å². The molecule has 1 heterocycles. The Morgan fingerprint density at radius 1 is 1.09 bits per heavy atom. The number of rotatable bonds is 7. The van der Waals surface area contributed by atoms with Gasteiger partial charge >= 0.3 is 5.97 Å². The Hall–Kier alpha value is -3.07. The molecule has 32 heavy (non-hydrogen) atoms. The lowest BCUT2D eigenvalue weighted by molar-refractivity contribution is 0.0599. The van der Waals surface area contributed by atoms with E-state index in [1.165, 1.54) is 63.5 Å². The first kappa shape index (κ1) is 22.1. The first-order chi connectivity index (χ1) is 15.4. The van der Waals surface area contributed by atoms with Crippen LogP contribution in [0.25, 0.3) is 0 Å². The standard InChI is InChI=1S/C23H26N2O6S/c1-30-23(27)18-11-12-20(21-19(18)13-24-22(21)26)25-32(28,29)17-9-7-16(8-10-17)31-14-15-5-3-2-4-6-15/h7-12,15,25H,2-6,13-14H2,1H3,(H,24,26). The van der Waals surface area contributed by atoms with Crippen molar-refractivity contribution in [3.63, 3.8) is 0 Å². The second-order valence-corrected chi connectivity index (χ2v) is 9.76. The highest BCUT2D eigenvalue weighted by atomic mass is 32.2. The summed E-state index contributed by atoms with van der Waals surface area (Å²) in [6.45, 7) is 0.763. The summed E-state index contributed by atoms with van der Waals surface area (Å²) in [5.41, 5.74) is 0.876. The summed E-state index contributed by atoms with van der Waals surface area (Å²) in [6.07, 6.45) is 6.09. The van der Waals surface area contributed by atoms with Gasteiger partial charge in [-0.2, -0.15) is 0 Å². The number of sulfonamides is 1. The Morgan fingerprint density at radius 3 is 2.50 bits per heavy atom. The van der Waals surface area contributed by atoms with Crippen LogP contribution in [0, 0.1) is 5.92 Å². The minimum absolute atomic E-state index is 0.0479. The first-order valence-corrected chi connectivity index (χ1v) is 12.2. The molecule has 2 aliphatic rings. The van der Waals surface area contributed by atoms with Gasteiger partial charge in [0.25, 0.3) is 15.9 Å². The molecule has 4 rings (SSSR count). The quantitative estimate of drug-likeness (QED) is 0.615. The molecular formula is C23H26N2O6S. The lowest BCUT2D eigenvalue weighted by Gasteiger charge is -2.21. The lowest BCUT2D eigenvalue weighted by atomic mass is 9.90. The van der Waals surface area contributed by atoms with Crippen LogP contribution in [0.15, 0.2) is 41.3 Å². The summed E-state index contributed by atoms with van der Waals surface area (Å²) in [5.74, 6) is 0.137. The average molecular weight is 459 g/mol. The van der Waals surface area contributed by atoms with Crippen LogP contribution in [0.2, 0.25) is 0 Å². The number of amides is 1. The molecule has 0 spiro atoms. The number of fused-ring (bicyclic) bond motifs is 1. The Kier molecular flexibility index (Phi) is 6.36. The van der Waals surface area contributed by atoms with Crippen LogP contribution in [-0.4, -0.2) is 34.0 Å². The maximum Gasteiger partial charge on any atom is 0.338 e. The van der Waals surface area contributed by atoms with E-state index in [9.17, 15) is 18.0 Å². The number of hydrogen-bond acceptors (Lipinski definition) is 6. The Balaban J connectivity index is 1.50. The van der Waals surface area contributed by atoms with E-state index >= 15 is 0 Å². The van der Waals surface area contributed by atoms with Crippen LogP contribution in [0.3, 0.4) is 0 Å². The molecule has 1 aliphatic heterocycles. The van der Waals surface area contributed by atoms with Crippen molar-refractivity contribution < 1.29 is 27.5 Å². The summed E-state index contributed by atoms with van der Waals surface area (Å²) in [4.78, 5) is 24.3. The van der Waals surface area contributed by atoms with Crippen LogP contribution in [0.1, 0.15) is 58.4 Å². The molecule has 8 nitrogen and oxygen atoms in total. The number of benzene rings is 2. The van der Waals surface area contributed by atoms with Gasteiger partial charge in [-0.1, -0.05) is 19.3 Å². The zero-order valence-electron chi connectivity index (χ0n) is 17.8. The van der Waals surface area contributed by atoms with Crippen molar-refractivity contribution in [2.75, 3.05) is 18.4 Å². The smallest absolute Gasteiger partial charge is 0.338 e. The molecule has 2 aromatic carbocycles. The number of nitrogens with one attached hydrogen (secondary N) is 2. The molecule has 0 aromatic heterocycles. The van der Waals surface area contributed by atoms with Gasteiger partial charge in [0.15, 0.2) is 0 Å². The van der Waals surface area contributed by atoms with E-state index in [4.69, 9.17) is 9.47 Å². The van der Waals surface area contributed by atoms with Gasteiger partial charge in [-0.3, -0.25) is 9.52 Å². The van der Waals surface area contributed by atoms with Gasteiger partial charge in [-0.25, -0.2) is 13.2 Å². The van der Waals surface area contributed by atoms with Crippen molar-refractivity contribution in [3.05, 3.63) is 53.1 Å². The number of anilines is 1. The number of esters is 1. The molecular weight excluding hydrogens is 432 g/mol. The fourth-order valence-corrected chi connectivity index (χ4v) is 5.29. The highest BCUT2D eigenvalue weighted by Crippen LogP contribution is 2.30. The SMILES string of the molecule is COC(=O)c1ccc(NS(=O)(=O)c2ccc(OCC3CCCCC3)cc2)c2c1CNC2=O. The van der Waals surface area contributed by atoms with Gasteiger partial charge in [0.2, 0.25) is 0 Å². The molecule has 2 aromatic rings. The van der Waals surface area contributed by atoms with Crippen molar-refractivity contribution in [2.24, 2.45) is 5.92 Å². The van der Waals surface area contributed by atoms with Crippen LogP contribution in [0.4, 0.5) is 5.69 Å². The number of ether oxygens (including phenoxy) is 2. The molecule has 1 saturated carbocycles. The van der Waals surface area contributed by atoms with E-state index in [0.717, 1.165) is 0 Å². The molecule has 1 amide bonds. The van der Waals surface area contributed by atoms with E-state index < -0.39 is 21.9 Å². The third-order valence-electron chi connectivity index (χ3n) is 5.96. The van der Waals surface area contributed by atoms with Gasteiger partial charge in [0, 0.05) is 12.1 Å². The summed E-state index contributed by atoms with van der Waals surface area (Å²) in [7, 11) is -2.70. The molecule has 0 unspecified atom stereocenters. The molecule has 1 fully saturated rings. The van der Waals surface area contributed by atoms with Gasteiger partial charge in [-0.05, 0) is 55.2 Å². The minimum Gasteiger partial charge on any atom is -0.493 e. The van der Waals surface area contributed by atoms with Gasteiger partial charge in [-0.15, -0.1) is 0 Å². The fourth-order valence-electron chi connectivity index (χ4n) is 4.22. The zero-order valence-corrected chi connectivity index (χ0v) is 18.7. The van der Waals surface area contributed by atoms with Crippen molar-refractivity contribution in [3.8, 4) is 5.75 Å². The third-order valence-corrected chi connectivity index (χ3v) is 7.34. The predicted octanol–water partition coefficient (Wildman–Crippen LogP) is 3.48. The number of carbonyl (C=O) groups excluding carboxylic acids is 2. The number of methoxy groups -OCH3 is 1. The van der Waals surface area contributed by atoms with E-state index in [1.54, 1.807) is 12.1 Å². The normalized spacial score (nSPS) is 16.2. The Labute approximate surface area is 187 Å². The fraction of sp³-hybridized carbons (Fsp3) is 0.391. The molecule has 0 bridgehead atoms. The highest BCUT2D eigenvalue weighted by Gasteiger charge is 2.30. The Bertz CT molecular complexity index is 1120. The second kappa shape index (κ2) is 9.20. The summed E-state index contributed by atoms with van der Waals surface area (Å²) >= 11 is 0. The molecule has 0 radical (unpaired) electrons. The van der Waals surface area contributed by atoms with Crippen LogP contribution >= 0.6 is 0 Å². The lowest BCUT2D eigenvalue weighted by Crippen LogP contribution is -2.18. The maximum absolute atomic E-state index is 12.9. The van der Waals surface area contributed by atoms with Crippen molar-refractivity contribution in [1.82, 2.24) is 5.32 Å². The second-order valence-electron chi connectivity index (χ2n) is 8.08. The molecule has 0 saturated heterocycles. The van der Waals surface area contributed by atoms with Crippen molar-refractivity contribution in [1.29, 1.82) is 0 Å². The van der Waals surface area contributed by atoms with E-state index in [1.807, 2.05) is 0 Å². The van der Waals surface area contributed by atoms with E-state index in [2.05, 4.69) is 10.0 Å². The molecule has 0 atom stereocenters. The van der Waals surface area contributed by atoms with E-state index in [0.29, 0.717) is 23.8 Å². The zero-order chi connectivity index (χ0) is 22.7. The predicted molar refractivity (Wildman–Crippen MR) is 118 cm³/mol. The minimum atomic E-state index is -3.95. The number of hydrogen-bond donors (Lipinski definition) is 2. The van der Waals surface area contributed by atoms with Crippen LogP contribution in [-0.2, 0) is 21.3 Å². The highest BCUT2D eigenvalue weighted by molar-refractivity contribution is 7.92. The summed E-state index contributed by atoms with van der Waals surface area (Å²) in [5, 5.41) is 2.62. The monoisotopic (exact) mass is 458 g/mol. The summed E-state index contributed by atoms with van der Waals surface area (Å²) in [6, 6.07) is 9.06. The largest absolute Gasteiger partial charge is 0.493 e.